The first-order valence-corrected chi connectivity index (χ1v) is 12.7. The van der Waals surface area contributed by atoms with E-state index in [1.807, 2.05) is 36.4 Å². The fourth-order valence-electron chi connectivity index (χ4n) is 5.42. The summed E-state index contributed by atoms with van der Waals surface area (Å²) in [6, 6.07) is 13.5. The molecule has 1 fully saturated rings. The van der Waals surface area contributed by atoms with Crippen molar-refractivity contribution in [3.05, 3.63) is 64.2 Å². The van der Waals surface area contributed by atoms with E-state index in [-0.39, 0.29) is 24.3 Å². The Morgan fingerprint density at radius 2 is 1.94 bits per heavy atom. The van der Waals surface area contributed by atoms with E-state index in [1.165, 1.54) is 6.42 Å². The van der Waals surface area contributed by atoms with Gasteiger partial charge in [-0.15, -0.1) is 0 Å². The molecule has 1 N–H and O–H groups in total. The molecule has 1 saturated carbocycles. The molecule has 7 nitrogen and oxygen atoms in total. The maximum Gasteiger partial charge on any atom is 0.258 e. The predicted octanol–water partition coefficient (Wildman–Crippen LogP) is 4.83. The van der Waals surface area contributed by atoms with Crippen LogP contribution in [-0.2, 0) is 17.8 Å². The molecule has 1 aliphatic carbocycles. The number of para-hydroxylation sites is 1. The molecule has 1 amide bonds. The van der Waals surface area contributed by atoms with Crippen LogP contribution < -0.4 is 15.0 Å². The predicted molar refractivity (Wildman–Crippen MR) is 134 cm³/mol. The maximum atomic E-state index is 13.6. The molecule has 3 atom stereocenters. The number of aromatic nitrogens is 2. The van der Waals surface area contributed by atoms with Crippen LogP contribution in [0.25, 0.3) is 10.9 Å². The van der Waals surface area contributed by atoms with E-state index >= 15 is 0 Å². The summed E-state index contributed by atoms with van der Waals surface area (Å²) in [7, 11) is 0. The highest BCUT2D eigenvalue weighted by atomic mass is 16.7. The number of nitrogens with zero attached hydrogens (tertiary/aromatic N) is 2. The Balaban J connectivity index is 1.30. The zero-order valence-electron chi connectivity index (χ0n) is 20.5. The fourth-order valence-corrected chi connectivity index (χ4v) is 5.42. The van der Waals surface area contributed by atoms with Crippen LogP contribution in [0.1, 0.15) is 57.3 Å². The van der Waals surface area contributed by atoms with Crippen LogP contribution in [0.3, 0.4) is 0 Å². The number of H-pyrrole nitrogens is 1. The van der Waals surface area contributed by atoms with Crippen molar-refractivity contribution in [1.82, 2.24) is 14.9 Å². The number of carbonyl (C=O) groups is 1. The molecule has 2 aliphatic rings. The normalized spacial score (nSPS) is 21.3. The van der Waals surface area contributed by atoms with Crippen molar-refractivity contribution in [3.63, 3.8) is 0 Å². The Bertz CT molecular complexity index is 1270. The summed E-state index contributed by atoms with van der Waals surface area (Å²) in [6.07, 6.45) is 4.99. The van der Waals surface area contributed by atoms with Crippen LogP contribution in [0.4, 0.5) is 0 Å². The number of aryl methyl sites for hydroxylation is 1. The van der Waals surface area contributed by atoms with E-state index in [4.69, 9.17) is 9.47 Å². The molecule has 0 bridgehead atoms. The van der Waals surface area contributed by atoms with Gasteiger partial charge in [0.05, 0.1) is 10.9 Å². The van der Waals surface area contributed by atoms with E-state index in [1.54, 1.807) is 6.07 Å². The highest BCUT2D eigenvalue weighted by Crippen LogP contribution is 2.36. The van der Waals surface area contributed by atoms with Crippen LogP contribution in [0.5, 0.6) is 11.5 Å². The number of benzene rings is 2. The van der Waals surface area contributed by atoms with Gasteiger partial charge in [-0.2, -0.15) is 0 Å². The number of hydrogen-bond donors (Lipinski definition) is 1. The zero-order chi connectivity index (χ0) is 24.4. The van der Waals surface area contributed by atoms with Gasteiger partial charge in [-0.1, -0.05) is 44.9 Å². The molecule has 3 aromatic rings. The summed E-state index contributed by atoms with van der Waals surface area (Å²) in [5.41, 5.74) is 1.60. The average molecular weight is 476 g/mol. The molecule has 0 spiro atoms. The zero-order valence-corrected chi connectivity index (χ0v) is 20.5. The Kier molecular flexibility index (Phi) is 6.75. The number of amides is 1. The highest BCUT2D eigenvalue weighted by Gasteiger charge is 2.34. The summed E-state index contributed by atoms with van der Waals surface area (Å²) < 4.78 is 11.0. The molecule has 0 radical (unpaired) electrons. The van der Waals surface area contributed by atoms with Gasteiger partial charge in [0.25, 0.3) is 5.56 Å². The van der Waals surface area contributed by atoms with Crippen LogP contribution in [-0.4, -0.2) is 33.6 Å². The van der Waals surface area contributed by atoms with E-state index in [0.717, 1.165) is 29.9 Å². The van der Waals surface area contributed by atoms with Gasteiger partial charge in [-0.25, -0.2) is 4.98 Å². The number of aromatic amines is 1. The molecular formula is C28H33N3O4. The Labute approximate surface area is 205 Å². The Hall–Kier alpha value is -3.35. The average Bonchev–Trinajstić information content (AvgIpc) is 3.32. The Morgan fingerprint density at radius 3 is 2.83 bits per heavy atom. The quantitative estimate of drug-likeness (QED) is 0.529. The van der Waals surface area contributed by atoms with Gasteiger partial charge in [-0.3, -0.25) is 9.59 Å². The van der Waals surface area contributed by atoms with Gasteiger partial charge in [0.2, 0.25) is 12.7 Å². The monoisotopic (exact) mass is 475 g/mol. The van der Waals surface area contributed by atoms with E-state index in [2.05, 4.69) is 28.7 Å². The smallest absolute Gasteiger partial charge is 0.258 e. The lowest BCUT2D eigenvalue weighted by atomic mass is 9.77. The molecule has 2 aromatic carbocycles. The number of carbonyl (C=O) groups excluding carboxylic acids is 1. The lowest BCUT2D eigenvalue weighted by Crippen LogP contribution is -2.46. The van der Waals surface area contributed by atoms with Crippen molar-refractivity contribution >= 4 is 16.8 Å². The molecule has 35 heavy (non-hydrogen) atoms. The number of fused-ring (bicyclic) bond motifs is 2. The molecule has 7 heteroatoms. The van der Waals surface area contributed by atoms with Crippen molar-refractivity contribution in [2.24, 2.45) is 11.8 Å². The molecule has 5 rings (SSSR count). The second-order valence-corrected chi connectivity index (χ2v) is 9.93. The summed E-state index contributed by atoms with van der Waals surface area (Å²) in [6.45, 7) is 5.37. The third kappa shape index (κ3) is 5.04. The first kappa shape index (κ1) is 23.4. The molecule has 3 unspecified atom stereocenters. The van der Waals surface area contributed by atoms with Gasteiger partial charge in [-0.05, 0) is 54.5 Å². The second-order valence-electron chi connectivity index (χ2n) is 9.93. The van der Waals surface area contributed by atoms with Gasteiger partial charge in [0.15, 0.2) is 11.5 Å². The number of nitrogens with one attached hydrogen (secondary N) is 1. The summed E-state index contributed by atoms with van der Waals surface area (Å²) in [4.78, 5) is 35.5. The minimum absolute atomic E-state index is 0.133. The van der Waals surface area contributed by atoms with Gasteiger partial charge < -0.3 is 19.4 Å². The topological polar surface area (TPSA) is 84.5 Å². The highest BCUT2D eigenvalue weighted by molar-refractivity contribution is 5.77. The van der Waals surface area contributed by atoms with Gasteiger partial charge in [0.1, 0.15) is 5.82 Å². The number of rotatable bonds is 7. The summed E-state index contributed by atoms with van der Waals surface area (Å²) in [5.74, 6) is 3.31. The fraction of sp³-hybridized carbons (Fsp3) is 0.464. The third-order valence-electron chi connectivity index (χ3n) is 7.64. The number of ether oxygens (including phenoxy) is 2. The molecule has 0 saturated heterocycles. The first-order valence-electron chi connectivity index (χ1n) is 12.7. The lowest BCUT2D eigenvalue weighted by Gasteiger charge is -2.42. The Morgan fingerprint density at radius 1 is 1.11 bits per heavy atom. The van der Waals surface area contributed by atoms with E-state index in [0.29, 0.717) is 54.4 Å². The standard InChI is InChI=1S/C28H33N3O4/c1-18-7-5-10-23(19(18)2)31(16-20-13-14-24-25(15-20)35-17-34-24)27(32)12-6-11-26-29-22-9-4-3-8-21(22)28(33)30-26/h3-4,8-9,13-15,18-19,23H,5-7,10-12,16-17H2,1-2H3,(H,29,30,33). The molecule has 2 heterocycles. The maximum absolute atomic E-state index is 13.6. The second kappa shape index (κ2) is 10.1. The SMILES string of the molecule is CC1CCCC(N(Cc2ccc3c(c2)OCO3)C(=O)CCCc2nc3ccccc3c(=O)[nH]2)C1C. The van der Waals surface area contributed by atoms with E-state index < -0.39 is 0 Å². The van der Waals surface area contributed by atoms with Crippen LogP contribution in [0.15, 0.2) is 47.3 Å². The van der Waals surface area contributed by atoms with Crippen molar-refractivity contribution < 1.29 is 14.3 Å². The summed E-state index contributed by atoms with van der Waals surface area (Å²) >= 11 is 0. The van der Waals surface area contributed by atoms with Gasteiger partial charge >= 0.3 is 0 Å². The van der Waals surface area contributed by atoms with Crippen molar-refractivity contribution in [2.45, 2.75) is 65.0 Å². The third-order valence-corrected chi connectivity index (χ3v) is 7.64. The van der Waals surface area contributed by atoms with Crippen LogP contribution in [0.2, 0.25) is 0 Å². The summed E-state index contributed by atoms with van der Waals surface area (Å²) in [5, 5.41) is 0.586. The molecule has 1 aliphatic heterocycles. The van der Waals surface area contributed by atoms with Crippen LogP contribution in [0, 0.1) is 11.8 Å². The molecule has 1 aromatic heterocycles. The van der Waals surface area contributed by atoms with Crippen molar-refractivity contribution in [1.29, 1.82) is 0 Å². The van der Waals surface area contributed by atoms with Crippen molar-refractivity contribution in [2.75, 3.05) is 6.79 Å². The lowest BCUT2D eigenvalue weighted by molar-refractivity contribution is -0.136. The number of hydrogen-bond acceptors (Lipinski definition) is 5. The largest absolute Gasteiger partial charge is 0.454 e. The van der Waals surface area contributed by atoms with Gasteiger partial charge in [0, 0.05) is 25.4 Å². The molecule has 184 valence electrons. The van der Waals surface area contributed by atoms with Crippen LogP contribution >= 0.6 is 0 Å². The minimum atomic E-state index is -0.133. The minimum Gasteiger partial charge on any atom is -0.454 e. The molecular weight excluding hydrogens is 442 g/mol. The van der Waals surface area contributed by atoms with E-state index in [9.17, 15) is 9.59 Å². The first-order chi connectivity index (χ1) is 17.0. The van der Waals surface area contributed by atoms with Crippen molar-refractivity contribution in [3.8, 4) is 11.5 Å².